The molecule has 1 atom stereocenters. The number of hydrogen-bond donors (Lipinski definition) is 1. The van der Waals surface area contributed by atoms with Gasteiger partial charge in [-0.05, 0) is 17.7 Å². The summed E-state index contributed by atoms with van der Waals surface area (Å²) in [5.41, 5.74) is 7.06. The summed E-state index contributed by atoms with van der Waals surface area (Å²) < 4.78 is 6.55. The van der Waals surface area contributed by atoms with Gasteiger partial charge in [0.1, 0.15) is 0 Å². The molecule has 1 fully saturated rings. The number of benzene rings is 1. The smallest absolute Gasteiger partial charge is 0.0634 e. The molecule has 0 aliphatic carbocycles. The zero-order valence-electron chi connectivity index (χ0n) is 9.23. The average Bonchev–Trinajstić information content (AvgIpc) is 2.33. The van der Waals surface area contributed by atoms with Gasteiger partial charge in [-0.1, -0.05) is 28.1 Å². The number of morpholine rings is 1. The summed E-state index contributed by atoms with van der Waals surface area (Å²) in [6.07, 6.45) is 0. The second-order valence-corrected chi connectivity index (χ2v) is 4.98. The van der Waals surface area contributed by atoms with E-state index in [-0.39, 0.29) is 0 Å². The molecule has 1 aliphatic heterocycles. The predicted octanol–water partition coefficient (Wildman–Crippen LogP) is 1.61. The summed E-state index contributed by atoms with van der Waals surface area (Å²) >= 11 is 3.44. The zero-order chi connectivity index (χ0) is 11.4. The van der Waals surface area contributed by atoms with Gasteiger partial charge in [0.2, 0.25) is 0 Å². The third-order valence-electron chi connectivity index (χ3n) is 2.92. The van der Waals surface area contributed by atoms with Gasteiger partial charge in [0, 0.05) is 30.1 Å². The molecule has 0 saturated carbocycles. The van der Waals surface area contributed by atoms with Gasteiger partial charge in [-0.25, -0.2) is 0 Å². The van der Waals surface area contributed by atoms with E-state index >= 15 is 0 Å². The van der Waals surface area contributed by atoms with E-state index in [1.807, 2.05) is 0 Å². The summed E-state index contributed by atoms with van der Waals surface area (Å²) in [5.74, 6) is 0. The lowest BCUT2D eigenvalue weighted by atomic mass is 10.1. The van der Waals surface area contributed by atoms with Crippen molar-refractivity contribution in [3.63, 3.8) is 0 Å². The van der Waals surface area contributed by atoms with Crippen molar-refractivity contribution in [2.45, 2.75) is 12.6 Å². The first-order valence-electron chi connectivity index (χ1n) is 5.56. The Hall–Kier alpha value is -0.420. The first-order valence-corrected chi connectivity index (χ1v) is 6.35. The Balaban J connectivity index is 1.99. The molecule has 0 spiro atoms. The lowest BCUT2D eigenvalue weighted by Crippen LogP contribution is -2.48. The maximum Gasteiger partial charge on any atom is 0.0634 e. The van der Waals surface area contributed by atoms with E-state index in [0.29, 0.717) is 12.6 Å². The Morgan fingerprint density at radius 3 is 2.81 bits per heavy atom. The quantitative estimate of drug-likeness (QED) is 0.917. The molecule has 2 N–H and O–H groups in total. The topological polar surface area (TPSA) is 38.5 Å². The number of rotatable bonds is 3. The number of halogens is 1. The predicted molar refractivity (Wildman–Crippen MR) is 68.2 cm³/mol. The number of nitrogens with zero attached hydrogens (tertiary/aromatic N) is 1. The third kappa shape index (κ3) is 3.04. The Bertz CT molecular complexity index is 328. The van der Waals surface area contributed by atoms with Crippen LogP contribution in [0.25, 0.3) is 0 Å². The van der Waals surface area contributed by atoms with Gasteiger partial charge in [-0.2, -0.15) is 0 Å². The van der Waals surface area contributed by atoms with E-state index < -0.39 is 0 Å². The second kappa shape index (κ2) is 5.77. The van der Waals surface area contributed by atoms with Crippen LogP contribution in [0.15, 0.2) is 28.7 Å². The van der Waals surface area contributed by atoms with Crippen LogP contribution >= 0.6 is 15.9 Å². The van der Waals surface area contributed by atoms with Gasteiger partial charge in [-0.15, -0.1) is 0 Å². The minimum Gasteiger partial charge on any atom is -0.378 e. The number of ether oxygens (including phenoxy) is 1. The van der Waals surface area contributed by atoms with E-state index in [1.54, 1.807) is 0 Å². The second-order valence-electron chi connectivity index (χ2n) is 4.06. The molecule has 1 saturated heterocycles. The van der Waals surface area contributed by atoms with Gasteiger partial charge >= 0.3 is 0 Å². The van der Waals surface area contributed by atoms with Gasteiger partial charge in [-0.3, -0.25) is 4.90 Å². The molecular weight excluding hydrogens is 268 g/mol. The number of nitrogens with two attached hydrogens (primary N) is 1. The molecule has 2 rings (SSSR count). The van der Waals surface area contributed by atoms with Crippen LogP contribution in [0, 0.1) is 0 Å². The molecule has 1 heterocycles. The van der Waals surface area contributed by atoms with Crippen LogP contribution in [-0.2, 0) is 11.3 Å². The number of hydrogen-bond acceptors (Lipinski definition) is 3. The van der Waals surface area contributed by atoms with Crippen LogP contribution in [0.1, 0.15) is 5.56 Å². The molecule has 0 bridgehead atoms. The SMILES string of the molecule is NCC1COCCN1Cc1ccc(Br)cc1. The molecule has 16 heavy (non-hydrogen) atoms. The van der Waals surface area contributed by atoms with Gasteiger partial charge in [0.15, 0.2) is 0 Å². The Labute approximate surface area is 105 Å². The largest absolute Gasteiger partial charge is 0.378 e. The van der Waals surface area contributed by atoms with Gasteiger partial charge < -0.3 is 10.5 Å². The fraction of sp³-hybridized carbons (Fsp3) is 0.500. The highest BCUT2D eigenvalue weighted by Crippen LogP contribution is 2.15. The van der Waals surface area contributed by atoms with Crippen LogP contribution in [0.3, 0.4) is 0 Å². The summed E-state index contributed by atoms with van der Waals surface area (Å²) in [7, 11) is 0. The lowest BCUT2D eigenvalue weighted by molar-refractivity contribution is -0.00792. The minimum absolute atomic E-state index is 0.359. The molecule has 88 valence electrons. The van der Waals surface area contributed by atoms with Crippen LogP contribution in [0.5, 0.6) is 0 Å². The molecule has 0 aromatic heterocycles. The molecular formula is C12H17BrN2O. The molecule has 3 nitrogen and oxygen atoms in total. The van der Waals surface area contributed by atoms with Gasteiger partial charge in [0.25, 0.3) is 0 Å². The van der Waals surface area contributed by atoms with Crippen molar-refractivity contribution in [1.29, 1.82) is 0 Å². The molecule has 4 heteroatoms. The van der Waals surface area contributed by atoms with Crippen LogP contribution in [-0.4, -0.2) is 37.2 Å². The fourth-order valence-corrected chi connectivity index (χ4v) is 2.20. The van der Waals surface area contributed by atoms with Crippen LogP contribution in [0.2, 0.25) is 0 Å². The summed E-state index contributed by atoms with van der Waals surface area (Å²) in [4.78, 5) is 2.40. The lowest BCUT2D eigenvalue weighted by Gasteiger charge is -2.34. The highest BCUT2D eigenvalue weighted by Gasteiger charge is 2.21. The average molecular weight is 285 g/mol. The maximum absolute atomic E-state index is 5.74. The van der Waals surface area contributed by atoms with E-state index in [2.05, 4.69) is 45.1 Å². The van der Waals surface area contributed by atoms with E-state index in [1.165, 1.54) is 5.56 Å². The highest BCUT2D eigenvalue weighted by atomic mass is 79.9. The van der Waals surface area contributed by atoms with Crippen LogP contribution < -0.4 is 5.73 Å². The first-order chi connectivity index (χ1) is 7.79. The molecule has 1 unspecified atom stereocenters. The summed E-state index contributed by atoms with van der Waals surface area (Å²) in [6.45, 7) is 4.16. The minimum atomic E-state index is 0.359. The van der Waals surface area contributed by atoms with E-state index in [0.717, 1.165) is 30.8 Å². The van der Waals surface area contributed by atoms with Crippen LogP contribution in [0.4, 0.5) is 0 Å². The first kappa shape index (κ1) is 12.0. The highest BCUT2D eigenvalue weighted by molar-refractivity contribution is 9.10. The summed E-state index contributed by atoms with van der Waals surface area (Å²) in [6, 6.07) is 8.80. The molecule has 1 aliphatic rings. The van der Waals surface area contributed by atoms with Crippen molar-refractivity contribution < 1.29 is 4.74 Å². The van der Waals surface area contributed by atoms with Crippen molar-refractivity contribution in [3.8, 4) is 0 Å². The fourth-order valence-electron chi connectivity index (χ4n) is 1.94. The zero-order valence-corrected chi connectivity index (χ0v) is 10.8. The van der Waals surface area contributed by atoms with Crippen molar-refractivity contribution in [3.05, 3.63) is 34.3 Å². The molecule has 1 aromatic rings. The van der Waals surface area contributed by atoms with Crippen molar-refractivity contribution in [2.75, 3.05) is 26.3 Å². The Kier molecular flexibility index (Phi) is 4.35. The molecule has 0 radical (unpaired) electrons. The van der Waals surface area contributed by atoms with Crippen molar-refractivity contribution in [1.82, 2.24) is 4.90 Å². The van der Waals surface area contributed by atoms with E-state index in [4.69, 9.17) is 10.5 Å². The molecule has 1 aromatic carbocycles. The summed E-state index contributed by atoms with van der Waals surface area (Å²) in [5, 5.41) is 0. The Morgan fingerprint density at radius 2 is 2.12 bits per heavy atom. The maximum atomic E-state index is 5.74. The monoisotopic (exact) mass is 284 g/mol. The van der Waals surface area contributed by atoms with Crippen molar-refractivity contribution in [2.24, 2.45) is 5.73 Å². The Morgan fingerprint density at radius 1 is 1.38 bits per heavy atom. The van der Waals surface area contributed by atoms with E-state index in [9.17, 15) is 0 Å². The van der Waals surface area contributed by atoms with Gasteiger partial charge in [0.05, 0.1) is 13.2 Å². The molecule has 0 amide bonds. The van der Waals surface area contributed by atoms with Crippen molar-refractivity contribution >= 4 is 15.9 Å². The third-order valence-corrected chi connectivity index (χ3v) is 3.45. The standard InChI is InChI=1S/C12H17BrN2O/c13-11-3-1-10(2-4-11)8-15-5-6-16-9-12(15)7-14/h1-4,12H,5-9,14H2. The normalized spacial score (nSPS) is 22.2.